The molecule has 1 aromatic heterocycles. The molecular weight excluding hydrogens is 364 g/mol. The molecule has 1 heterocycles. The molecule has 1 aliphatic carbocycles. The fourth-order valence-corrected chi connectivity index (χ4v) is 4.89. The quantitative estimate of drug-likeness (QED) is 0.655. The van der Waals surface area contributed by atoms with E-state index in [1.54, 1.807) is 0 Å². The van der Waals surface area contributed by atoms with E-state index < -0.39 is 0 Å². The maximum absolute atomic E-state index is 13.0. The van der Waals surface area contributed by atoms with E-state index in [2.05, 4.69) is 22.4 Å². The van der Waals surface area contributed by atoms with Crippen LogP contribution in [0.1, 0.15) is 45.4 Å². The maximum atomic E-state index is 13.0. The number of nitrogens with one attached hydrogen (secondary N) is 1. The van der Waals surface area contributed by atoms with Crippen molar-refractivity contribution in [1.82, 2.24) is 10.2 Å². The summed E-state index contributed by atoms with van der Waals surface area (Å²) < 4.78 is 0.841. The predicted octanol–water partition coefficient (Wildman–Crippen LogP) is 4.82. The number of amides is 1. The number of hydrogen-bond donors (Lipinski definition) is 1. The van der Waals surface area contributed by atoms with Gasteiger partial charge in [0.05, 0.1) is 5.75 Å². The fraction of sp³-hybridized carbons (Fsp3) is 0.526. The molecule has 1 aromatic carbocycles. The smallest absolute Gasteiger partial charge is 0.237 e. The SMILES string of the molecule is CCCNc1nnc(SCC(=O)N(c2ccccc2)C2CCCCC2)s1. The molecule has 1 fully saturated rings. The first-order valence-corrected chi connectivity index (χ1v) is 11.2. The van der Waals surface area contributed by atoms with E-state index in [0.29, 0.717) is 11.8 Å². The second kappa shape index (κ2) is 9.92. The number of hydrogen-bond acceptors (Lipinski definition) is 6. The highest BCUT2D eigenvalue weighted by Crippen LogP contribution is 2.30. The number of rotatable bonds is 8. The molecule has 1 N–H and O–H groups in total. The van der Waals surface area contributed by atoms with Crippen molar-refractivity contribution in [2.75, 3.05) is 22.5 Å². The Balaban J connectivity index is 1.64. The van der Waals surface area contributed by atoms with Crippen LogP contribution in [0.15, 0.2) is 34.7 Å². The zero-order chi connectivity index (χ0) is 18.2. The van der Waals surface area contributed by atoms with Gasteiger partial charge in [-0.2, -0.15) is 0 Å². The van der Waals surface area contributed by atoms with Crippen molar-refractivity contribution >= 4 is 39.8 Å². The van der Waals surface area contributed by atoms with Crippen LogP contribution < -0.4 is 10.2 Å². The zero-order valence-corrected chi connectivity index (χ0v) is 16.8. The van der Waals surface area contributed by atoms with Gasteiger partial charge in [-0.05, 0) is 31.4 Å². The van der Waals surface area contributed by atoms with Crippen LogP contribution in [0.25, 0.3) is 0 Å². The third-order valence-corrected chi connectivity index (χ3v) is 6.49. The van der Waals surface area contributed by atoms with E-state index in [1.165, 1.54) is 42.4 Å². The van der Waals surface area contributed by atoms with Crippen molar-refractivity contribution in [2.45, 2.75) is 55.8 Å². The highest BCUT2D eigenvalue weighted by atomic mass is 32.2. The van der Waals surface area contributed by atoms with Gasteiger partial charge in [0, 0.05) is 18.3 Å². The van der Waals surface area contributed by atoms with Crippen LogP contribution in [0.4, 0.5) is 10.8 Å². The van der Waals surface area contributed by atoms with Gasteiger partial charge in [-0.25, -0.2) is 0 Å². The van der Waals surface area contributed by atoms with Crippen LogP contribution in [-0.4, -0.2) is 34.4 Å². The lowest BCUT2D eigenvalue weighted by Gasteiger charge is -2.34. The van der Waals surface area contributed by atoms with Crippen LogP contribution in [0.5, 0.6) is 0 Å². The largest absolute Gasteiger partial charge is 0.360 e. The van der Waals surface area contributed by atoms with Gasteiger partial charge < -0.3 is 10.2 Å². The summed E-state index contributed by atoms with van der Waals surface area (Å²) in [5, 5.41) is 12.4. The van der Waals surface area contributed by atoms with Crippen molar-refractivity contribution < 1.29 is 4.79 Å². The average molecular weight is 391 g/mol. The van der Waals surface area contributed by atoms with Gasteiger partial charge in [0.25, 0.3) is 0 Å². The number of carbonyl (C=O) groups excluding carboxylic acids is 1. The van der Waals surface area contributed by atoms with Crippen LogP contribution in [0.3, 0.4) is 0 Å². The second-order valence-electron chi connectivity index (χ2n) is 6.48. The maximum Gasteiger partial charge on any atom is 0.237 e. The van der Waals surface area contributed by atoms with Gasteiger partial charge in [0.2, 0.25) is 11.0 Å². The Morgan fingerprint density at radius 3 is 2.73 bits per heavy atom. The van der Waals surface area contributed by atoms with Crippen molar-refractivity contribution in [1.29, 1.82) is 0 Å². The van der Waals surface area contributed by atoms with Gasteiger partial charge >= 0.3 is 0 Å². The van der Waals surface area contributed by atoms with Crippen molar-refractivity contribution in [3.05, 3.63) is 30.3 Å². The Kier molecular flexibility index (Phi) is 7.32. The number of nitrogens with zero attached hydrogens (tertiary/aromatic N) is 3. The number of aromatic nitrogens is 2. The summed E-state index contributed by atoms with van der Waals surface area (Å²) in [5.74, 6) is 0.555. The fourth-order valence-electron chi connectivity index (χ4n) is 3.25. The lowest BCUT2D eigenvalue weighted by Crippen LogP contribution is -2.42. The summed E-state index contributed by atoms with van der Waals surface area (Å²) in [6, 6.07) is 10.4. The lowest BCUT2D eigenvalue weighted by molar-refractivity contribution is -0.116. The van der Waals surface area contributed by atoms with Crippen molar-refractivity contribution in [2.24, 2.45) is 0 Å². The topological polar surface area (TPSA) is 58.1 Å². The molecule has 0 radical (unpaired) electrons. The minimum Gasteiger partial charge on any atom is -0.360 e. The monoisotopic (exact) mass is 390 g/mol. The Hall–Kier alpha value is -1.60. The van der Waals surface area contributed by atoms with Crippen LogP contribution in [0.2, 0.25) is 0 Å². The molecule has 0 unspecified atom stereocenters. The van der Waals surface area contributed by atoms with Crippen LogP contribution in [-0.2, 0) is 4.79 Å². The van der Waals surface area contributed by atoms with Gasteiger partial charge in [-0.15, -0.1) is 10.2 Å². The summed E-state index contributed by atoms with van der Waals surface area (Å²) in [6.07, 6.45) is 6.92. The minimum atomic E-state index is 0.159. The molecule has 5 nitrogen and oxygen atoms in total. The molecule has 0 atom stereocenters. The van der Waals surface area contributed by atoms with E-state index >= 15 is 0 Å². The summed E-state index contributed by atoms with van der Waals surface area (Å²) in [7, 11) is 0. The van der Waals surface area contributed by atoms with Gasteiger partial charge in [-0.3, -0.25) is 4.79 Å². The molecule has 2 aromatic rings. The Bertz CT molecular complexity index is 686. The molecule has 7 heteroatoms. The normalized spacial score (nSPS) is 15.0. The Morgan fingerprint density at radius 2 is 2.00 bits per heavy atom. The molecule has 1 saturated carbocycles. The number of para-hydroxylation sites is 1. The molecular formula is C19H26N4OS2. The number of carbonyl (C=O) groups is 1. The Morgan fingerprint density at radius 1 is 1.23 bits per heavy atom. The summed E-state index contributed by atoms with van der Waals surface area (Å²) in [6.45, 7) is 3.01. The van der Waals surface area contributed by atoms with E-state index in [4.69, 9.17) is 0 Å². The summed E-state index contributed by atoms with van der Waals surface area (Å²) >= 11 is 3.00. The molecule has 1 aliphatic rings. The number of benzene rings is 1. The summed E-state index contributed by atoms with van der Waals surface area (Å²) in [5.41, 5.74) is 1.01. The van der Waals surface area contributed by atoms with Crippen molar-refractivity contribution in [3.63, 3.8) is 0 Å². The highest BCUT2D eigenvalue weighted by Gasteiger charge is 2.27. The third-order valence-electron chi connectivity index (χ3n) is 4.49. The van der Waals surface area contributed by atoms with E-state index in [9.17, 15) is 4.79 Å². The third kappa shape index (κ3) is 5.20. The highest BCUT2D eigenvalue weighted by molar-refractivity contribution is 8.01. The van der Waals surface area contributed by atoms with Gasteiger partial charge in [-0.1, -0.05) is 67.5 Å². The number of anilines is 2. The molecule has 0 saturated heterocycles. The zero-order valence-electron chi connectivity index (χ0n) is 15.2. The van der Waals surface area contributed by atoms with Gasteiger partial charge in [0.1, 0.15) is 0 Å². The van der Waals surface area contributed by atoms with Crippen LogP contribution >= 0.6 is 23.1 Å². The average Bonchev–Trinajstić information content (AvgIpc) is 3.14. The molecule has 140 valence electrons. The number of thioether (sulfide) groups is 1. The molecule has 1 amide bonds. The van der Waals surface area contributed by atoms with Gasteiger partial charge in [0.15, 0.2) is 4.34 Å². The van der Waals surface area contributed by atoms with Crippen LogP contribution in [0, 0.1) is 0 Å². The first kappa shape index (κ1) is 19.2. The van der Waals surface area contributed by atoms with E-state index in [-0.39, 0.29) is 5.91 Å². The predicted molar refractivity (Wildman–Crippen MR) is 110 cm³/mol. The first-order valence-electron chi connectivity index (χ1n) is 9.35. The van der Waals surface area contributed by atoms with E-state index in [1.807, 2.05) is 35.2 Å². The minimum absolute atomic E-state index is 0.159. The Labute approximate surface area is 163 Å². The second-order valence-corrected chi connectivity index (χ2v) is 8.68. The molecule has 0 spiro atoms. The summed E-state index contributed by atoms with van der Waals surface area (Å²) in [4.78, 5) is 15.1. The lowest BCUT2D eigenvalue weighted by atomic mass is 9.93. The molecule has 0 bridgehead atoms. The van der Waals surface area contributed by atoms with E-state index in [0.717, 1.165) is 41.0 Å². The standard InChI is InChI=1S/C19H26N4OS2/c1-2-13-20-18-21-22-19(26-18)25-14-17(24)23(15-9-5-3-6-10-15)16-11-7-4-8-12-16/h3,5-6,9-10,16H,2,4,7-8,11-14H2,1H3,(H,20,21). The van der Waals surface area contributed by atoms with Crippen molar-refractivity contribution in [3.8, 4) is 0 Å². The molecule has 3 rings (SSSR count). The molecule has 0 aliphatic heterocycles. The molecule has 26 heavy (non-hydrogen) atoms. The first-order chi connectivity index (χ1) is 12.8.